The number of unbranched alkanes of at least 4 members (excludes halogenated alkanes) is 10. The van der Waals surface area contributed by atoms with Gasteiger partial charge in [-0.05, 0) is 24.7 Å². The topological polar surface area (TPSA) is 0 Å². The summed E-state index contributed by atoms with van der Waals surface area (Å²) in [5.41, 5.74) is 0. The van der Waals surface area contributed by atoms with Gasteiger partial charge in [-0.2, -0.15) is 0 Å². The van der Waals surface area contributed by atoms with E-state index in [1.54, 1.807) is 25.7 Å². The molecule has 0 bridgehead atoms. The van der Waals surface area contributed by atoms with Crippen molar-refractivity contribution in [2.24, 2.45) is 11.8 Å². The molecular formula is C20H40. The van der Waals surface area contributed by atoms with E-state index >= 15 is 0 Å². The zero-order valence-corrected chi connectivity index (χ0v) is 14.5. The van der Waals surface area contributed by atoms with Gasteiger partial charge in [-0.15, -0.1) is 0 Å². The summed E-state index contributed by atoms with van der Waals surface area (Å²) < 4.78 is 0. The first-order valence-electron chi connectivity index (χ1n) is 9.86. The molecule has 0 atom stereocenters. The normalized spacial score (nSPS) is 21.9. The highest BCUT2D eigenvalue weighted by atomic mass is 14.3. The Morgan fingerprint density at radius 1 is 0.500 bits per heavy atom. The van der Waals surface area contributed by atoms with Gasteiger partial charge in [-0.1, -0.05) is 104 Å². The molecule has 20 heavy (non-hydrogen) atoms. The smallest absolute Gasteiger partial charge is 0.0409 e. The van der Waals surface area contributed by atoms with Crippen molar-refractivity contribution >= 4 is 0 Å². The van der Waals surface area contributed by atoms with Crippen molar-refractivity contribution in [3.8, 4) is 0 Å². The molecule has 120 valence electrons. The molecule has 0 spiro atoms. The molecule has 0 aromatic heterocycles. The van der Waals surface area contributed by atoms with E-state index in [9.17, 15) is 0 Å². The summed E-state index contributed by atoms with van der Waals surface area (Å²) in [4.78, 5) is 0. The van der Waals surface area contributed by atoms with Crippen LogP contribution in [-0.4, -0.2) is 0 Å². The lowest BCUT2D eigenvalue weighted by molar-refractivity contribution is 0.163. The molecule has 1 rings (SSSR count). The van der Waals surface area contributed by atoms with Crippen LogP contribution in [0.15, 0.2) is 0 Å². The van der Waals surface area contributed by atoms with E-state index in [1.807, 2.05) is 0 Å². The van der Waals surface area contributed by atoms with Gasteiger partial charge in [-0.25, -0.2) is 0 Å². The van der Waals surface area contributed by atoms with Crippen LogP contribution >= 0.6 is 0 Å². The maximum Gasteiger partial charge on any atom is -0.0409 e. The third-order valence-corrected chi connectivity index (χ3v) is 5.27. The highest BCUT2D eigenvalue weighted by Gasteiger charge is 2.27. The zero-order valence-electron chi connectivity index (χ0n) is 14.5. The van der Waals surface area contributed by atoms with Crippen molar-refractivity contribution in [1.29, 1.82) is 0 Å². The molecule has 1 aliphatic carbocycles. The van der Waals surface area contributed by atoms with Crippen molar-refractivity contribution in [3.63, 3.8) is 0 Å². The van der Waals surface area contributed by atoms with Gasteiger partial charge in [0.2, 0.25) is 0 Å². The predicted octanol–water partition coefficient (Wildman–Crippen LogP) is 7.51. The average Bonchev–Trinajstić information content (AvgIpc) is 2.41. The van der Waals surface area contributed by atoms with Gasteiger partial charge < -0.3 is 0 Å². The van der Waals surface area contributed by atoms with Gasteiger partial charge in [-0.3, -0.25) is 0 Å². The Morgan fingerprint density at radius 2 is 0.850 bits per heavy atom. The molecule has 0 N–H and O–H groups in total. The van der Waals surface area contributed by atoms with Crippen LogP contribution in [0.3, 0.4) is 0 Å². The second kappa shape index (κ2) is 12.7. The molecule has 0 unspecified atom stereocenters. The van der Waals surface area contributed by atoms with Crippen LogP contribution in [0.1, 0.15) is 117 Å². The quantitative estimate of drug-likeness (QED) is 0.289. The third-order valence-electron chi connectivity index (χ3n) is 5.27. The standard InChI is InChI=1S/C20H40/c1-3-5-7-9-11-13-15-19-17-20(18-19)16-14-12-10-8-6-4-2/h19-20H,3-18H2,1-2H3. The van der Waals surface area contributed by atoms with Gasteiger partial charge in [0.25, 0.3) is 0 Å². The van der Waals surface area contributed by atoms with Gasteiger partial charge >= 0.3 is 0 Å². The number of hydrogen-bond acceptors (Lipinski definition) is 0. The Kier molecular flexibility index (Phi) is 11.5. The molecule has 0 aromatic rings. The minimum atomic E-state index is 1.12. The van der Waals surface area contributed by atoms with E-state index in [0.29, 0.717) is 0 Å². The van der Waals surface area contributed by atoms with Crippen LogP contribution in [0, 0.1) is 11.8 Å². The van der Waals surface area contributed by atoms with Crippen molar-refractivity contribution in [3.05, 3.63) is 0 Å². The van der Waals surface area contributed by atoms with Crippen LogP contribution in [-0.2, 0) is 0 Å². The first-order chi connectivity index (χ1) is 9.86. The fourth-order valence-electron chi connectivity index (χ4n) is 3.77. The lowest BCUT2D eigenvalue weighted by Crippen LogP contribution is -2.23. The lowest BCUT2D eigenvalue weighted by Gasteiger charge is -2.35. The van der Waals surface area contributed by atoms with Crippen LogP contribution in [0.2, 0.25) is 0 Å². The fourth-order valence-corrected chi connectivity index (χ4v) is 3.77. The summed E-state index contributed by atoms with van der Waals surface area (Å²) in [7, 11) is 0. The Morgan fingerprint density at radius 3 is 1.25 bits per heavy atom. The summed E-state index contributed by atoms with van der Waals surface area (Å²) >= 11 is 0. The fraction of sp³-hybridized carbons (Fsp3) is 1.00. The van der Waals surface area contributed by atoms with E-state index in [1.165, 1.54) is 77.0 Å². The van der Waals surface area contributed by atoms with E-state index in [2.05, 4.69) is 13.8 Å². The molecule has 1 saturated carbocycles. The molecule has 0 heteroatoms. The molecule has 0 nitrogen and oxygen atoms in total. The summed E-state index contributed by atoms with van der Waals surface area (Å²) in [6.45, 7) is 4.61. The van der Waals surface area contributed by atoms with Crippen LogP contribution in [0.5, 0.6) is 0 Å². The van der Waals surface area contributed by atoms with Gasteiger partial charge in [0.05, 0.1) is 0 Å². The Labute approximate surface area is 129 Å². The highest BCUT2D eigenvalue weighted by Crippen LogP contribution is 2.40. The molecule has 0 saturated heterocycles. The minimum absolute atomic E-state index is 1.12. The van der Waals surface area contributed by atoms with Crippen LogP contribution < -0.4 is 0 Å². The monoisotopic (exact) mass is 280 g/mol. The summed E-state index contributed by atoms with van der Waals surface area (Å²) in [6, 6.07) is 0. The summed E-state index contributed by atoms with van der Waals surface area (Å²) in [6.07, 6.45) is 23.8. The van der Waals surface area contributed by atoms with Crippen molar-refractivity contribution < 1.29 is 0 Å². The molecule has 0 aromatic carbocycles. The lowest BCUT2D eigenvalue weighted by atomic mass is 9.70. The van der Waals surface area contributed by atoms with E-state index < -0.39 is 0 Å². The van der Waals surface area contributed by atoms with Crippen molar-refractivity contribution in [1.82, 2.24) is 0 Å². The average molecular weight is 281 g/mol. The van der Waals surface area contributed by atoms with Gasteiger partial charge in [0, 0.05) is 0 Å². The highest BCUT2D eigenvalue weighted by molar-refractivity contribution is 4.79. The number of rotatable bonds is 14. The van der Waals surface area contributed by atoms with Crippen molar-refractivity contribution in [2.75, 3.05) is 0 Å². The molecule has 0 amide bonds. The van der Waals surface area contributed by atoms with E-state index in [0.717, 1.165) is 11.8 Å². The maximum atomic E-state index is 2.30. The number of hydrogen-bond donors (Lipinski definition) is 0. The molecule has 0 radical (unpaired) electrons. The summed E-state index contributed by atoms with van der Waals surface area (Å²) in [5.74, 6) is 2.23. The SMILES string of the molecule is CCCCCCCCC1CC(CCCCCCCC)C1. The Bertz CT molecular complexity index is 170. The van der Waals surface area contributed by atoms with Crippen molar-refractivity contribution in [2.45, 2.75) is 117 Å². The summed E-state index contributed by atoms with van der Waals surface area (Å²) in [5, 5.41) is 0. The van der Waals surface area contributed by atoms with Gasteiger partial charge in [0.15, 0.2) is 0 Å². The zero-order chi connectivity index (χ0) is 14.5. The van der Waals surface area contributed by atoms with Gasteiger partial charge in [0.1, 0.15) is 0 Å². The first kappa shape index (κ1) is 18.1. The maximum absolute atomic E-state index is 2.30. The Balaban J connectivity index is 1.76. The second-order valence-electron chi connectivity index (χ2n) is 7.32. The van der Waals surface area contributed by atoms with E-state index in [-0.39, 0.29) is 0 Å². The molecular weight excluding hydrogens is 240 g/mol. The van der Waals surface area contributed by atoms with Crippen LogP contribution in [0.4, 0.5) is 0 Å². The minimum Gasteiger partial charge on any atom is -0.0654 e. The first-order valence-corrected chi connectivity index (χ1v) is 9.86. The second-order valence-corrected chi connectivity index (χ2v) is 7.32. The Hall–Kier alpha value is 0. The molecule has 0 aliphatic heterocycles. The molecule has 1 fully saturated rings. The molecule has 0 heterocycles. The third kappa shape index (κ3) is 9.03. The largest absolute Gasteiger partial charge is 0.0654 e. The predicted molar refractivity (Wildman–Crippen MR) is 92.2 cm³/mol. The molecule has 1 aliphatic rings. The van der Waals surface area contributed by atoms with Crippen LogP contribution in [0.25, 0.3) is 0 Å². The van der Waals surface area contributed by atoms with E-state index in [4.69, 9.17) is 0 Å².